The summed E-state index contributed by atoms with van der Waals surface area (Å²) < 4.78 is 45.5. The first-order chi connectivity index (χ1) is 23.1. The molecule has 0 aromatic heterocycles. The third-order valence-electron chi connectivity index (χ3n) is 7.31. The van der Waals surface area contributed by atoms with E-state index in [4.69, 9.17) is 14.2 Å². The molecule has 0 bridgehead atoms. The Morgan fingerprint density at radius 2 is 1.51 bits per heavy atom. The van der Waals surface area contributed by atoms with Crippen LogP contribution in [0, 0.1) is 12.8 Å². The van der Waals surface area contributed by atoms with Crippen LogP contribution in [0.1, 0.15) is 70.6 Å². The van der Waals surface area contributed by atoms with Gasteiger partial charge in [0.25, 0.3) is 5.91 Å². The maximum atomic E-state index is 13.8. The molecule has 0 radical (unpaired) electrons. The van der Waals surface area contributed by atoms with Crippen LogP contribution >= 0.6 is 0 Å². The fourth-order valence-corrected chi connectivity index (χ4v) is 6.67. The lowest BCUT2D eigenvalue weighted by Crippen LogP contribution is -2.48. The van der Waals surface area contributed by atoms with Crippen LogP contribution in [0.3, 0.4) is 0 Å². The topological polar surface area (TPSA) is 128 Å². The van der Waals surface area contributed by atoms with Crippen LogP contribution in [0.15, 0.2) is 83.8 Å². The molecule has 0 spiro atoms. The zero-order valence-electron chi connectivity index (χ0n) is 29.4. The number of hydrogen-bond donors (Lipinski definition) is 1. The number of amides is 1. The van der Waals surface area contributed by atoms with E-state index >= 15 is 0 Å². The van der Waals surface area contributed by atoms with Gasteiger partial charge in [-0.3, -0.25) is 14.4 Å². The Bertz CT molecular complexity index is 1600. The van der Waals surface area contributed by atoms with Crippen LogP contribution in [-0.2, 0) is 46.9 Å². The van der Waals surface area contributed by atoms with Gasteiger partial charge in [-0.15, -0.1) is 0 Å². The Balaban J connectivity index is 1.50. The van der Waals surface area contributed by atoms with E-state index in [1.807, 2.05) is 51.1 Å². The minimum absolute atomic E-state index is 0.0397. The molecule has 0 aliphatic carbocycles. The smallest absolute Gasteiger partial charge is 0.324 e. The van der Waals surface area contributed by atoms with Gasteiger partial charge in [0.1, 0.15) is 24.0 Å². The molecule has 0 aliphatic rings. The maximum Gasteiger partial charge on any atom is 0.324 e. The summed E-state index contributed by atoms with van der Waals surface area (Å²) in [5.41, 5.74) is 1.81. The Morgan fingerprint density at radius 3 is 2.12 bits per heavy atom. The van der Waals surface area contributed by atoms with Crippen LogP contribution in [0.25, 0.3) is 0 Å². The molecule has 0 aliphatic heterocycles. The molecule has 1 N–H and O–H groups in total. The highest BCUT2D eigenvalue weighted by molar-refractivity contribution is 7.89. The quantitative estimate of drug-likeness (QED) is 0.127. The van der Waals surface area contributed by atoms with Crippen molar-refractivity contribution in [3.05, 3.63) is 95.6 Å². The van der Waals surface area contributed by atoms with Gasteiger partial charge in [-0.05, 0) is 88.3 Å². The summed E-state index contributed by atoms with van der Waals surface area (Å²) in [6.07, 6.45) is 1.33. The van der Waals surface area contributed by atoms with Gasteiger partial charge in [0, 0.05) is 13.1 Å². The fourth-order valence-electron chi connectivity index (χ4n) is 4.90. The Morgan fingerprint density at radius 1 is 0.857 bits per heavy atom. The standard InChI is InChI=1S/C38H50N2O8S/c1-28(2)25-40(49(44,45)33-21-15-29(3)16-22-33)34(37(43)48-38(4,5)6)14-10-11-23-39-35(41)27-46-32-19-17-30(18-20-32)24-36(42)47-26-31-12-8-7-9-13-31/h7-9,12-13,15-22,28,34H,10-11,14,23-27H2,1-6H3,(H,39,41)/t34-/m0/s1. The van der Waals surface area contributed by atoms with E-state index in [-0.39, 0.29) is 55.3 Å². The number of carbonyl (C=O) groups is 3. The third kappa shape index (κ3) is 13.7. The summed E-state index contributed by atoms with van der Waals surface area (Å²) in [5.74, 6) is -0.814. The van der Waals surface area contributed by atoms with E-state index in [1.165, 1.54) is 4.31 Å². The summed E-state index contributed by atoms with van der Waals surface area (Å²) in [6, 6.07) is 21.9. The monoisotopic (exact) mass is 694 g/mol. The van der Waals surface area contributed by atoms with Crippen molar-refractivity contribution in [2.24, 2.45) is 5.92 Å². The molecule has 0 saturated heterocycles. The molecule has 0 fully saturated rings. The highest BCUT2D eigenvalue weighted by Gasteiger charge is 2.38. The highest BCUT2D eigenvalue weighted by Crippen LogP contribution is 2.25. The van der Waals surface area contributed by atoms with Crippen LogP contribution in [-0.4, -0.2) is 61.9 Å². The molecule has 0 unspecified atom stereocenters. The third-order valence-corrected chi connectivity index (χ3v) is 9.20. The summed E-state index contributed by atoms with van der Waals surface area (Å²) >= 11 is 0. The van der Waals surface area contributed by atoms with Gasteiger partial charge < -0.3 is 19.5 Å². The minimum Gasteiger partial charge on any atom is -0.484 e. The molecule has 0 heterocycles. The van der Waals surface area contributed by atoms with Crippen LogP contribution in [0.2, 0.25) is 0 Å². The number of nitrogens with zero attached hydrogens (tertiary/aromatic N) is 1. The summed E-state index contributed by atoms with van der Waals surface area (Å²) in [7, 11) is -4.00. The van der Waals surface area contributed by atoms with Crippen LogP contribution < -0.4 is 10.1 Å². The van der Waals surface area contributed by atoms with Gasteiger partial charge in [-0.25, -0.2) is 8.42 Å². The van der Waals surface area contributed by atoms with E-state index in [9.17, 15) is 22.8 Å². The molecular weight excluding hydrogens is 644 g/mol. The molecule has 3 rings (SSSR count). The van der Waals surface area contributed by atoms with Gasteiger partial charge in [-0.2, -0.15) is 4.31 Å². The maximum absolute atomic E-state index is 13.8. The molecule has 10 nitrogen and oxygen atoms in total. The van der Waals surface area contributed by atoms with Gasteiger partial charge in [-0.1, -0.05) is 74.0 Å². The summed E-state index contributed by atoms with van der Waals surface area (Å²) in [5, 5.41) is 2.81. The fraction of sp³-hybridized carbons (Fsp3) is 0.447. The number of carbonyl (C=O) groups excluding carboxylic acids is 3. The van der Waals surface area contributed by atoms with Gasteiger partial charge in [0.2, 0.25) is 10.0 Å². The minimum atomic E-state index is -4.00. The molecule has 49 heavy (non-hydrogen) atoms. The molecule has 3 aromatic carbocycles. The van der Waals surface area contributed by atoms with Crippen molar-refractivity contribution in [2.75, 3.05) is 19.7 Å². The van der Waals surface area contributed by atoms with Crippen molar-refractivity contribution in [3.8, 4) is 5.75 Å². The number of rotatable bonds is 18. The van der Waals surface area contributed by atoms with Crippen molar-refractivity contribution < 1.29 is 37.0 Å². The first-order valence-corrected chi connectivity index (χ1v) is 18.1. The zero-order valence-corrected chi connectivity index (χ0v) is 30.3. The lowest BCUT2D eigenvalue weighted by atomic mass is 10.1. The Hall–Kier alpha value is -4.22. The van der Waals surface area contributed by atoms with Crippen molar-refractivity contribution in [1.82, 2.24) is 9.62 Å². The molecule has 1 amide bonds. The number of esters is 2. The zero-order chi connectivity index (χ0) is 36.0. The molecule has 0 saturated carbocycles. The number of nitrogens with one attached hydrogen (secondary N) is 1. The SMILES string of the molecule is Cc1ccc(S(=O)(=O)N(CC(C)C)[C@@H](CCCCNC(=O)COc2ccc(CC(=O)OCc3ccccc3)cc2)C(=O)OC(C)(C)C)cc1. The largest absolute Gasteiger partial charge is 0.484 e. The van der Waals surface area contributed by atoms with E-state index in [2.05, 4.69) is 5.32 Å². The number of ether oxygens (including phenoxy) is 3. The van der Waals surface area contributed by atoms with Crippen molar-refractivity contribution in [3.63, 3.8) is 0 Å². The number of aryl methyl sites for hydroxylation is 1. The molecule has 266 valence electrons. The Kier molecular flexibility index (Phi) is 14.8. The molecule has 1 atom stereocenters. The first kappa shape index (κ1) is 39.2. The Labute approximate surface area is 291 Å². The number of unbranched alkanes of at least 4 members (excludes halogenated alkanes) is 1. The van der Waals surface area contributed by atoms with E-state index in [0.717, 1.165) is 16.7 Å². The van der Waals surface area contributed by atoms with Gasteiger partial charge >= 0.3 is 11.9 Å². The molecule has 11 heteroatoms. The van der Waals surface area contributed by atoms with Crippen molar-refractivity contribution >= 4 is 27.9 Å². The predicted molar refractivity (Wildman–Crippen MR) is 188 cm³/mol. The van der Waals surface area contributed by atoms with E-state index in [1.54, 1.807) is 69.3 Å². The average molecular weight is 695 g/mol. The van der Waals surface area contributed by atoms with Gasteiger partial charge in [0.05, 0.1) is 11.3 Å². The summed E-state index contributed by atoms with van der Waals surface area (Å²) in [6.45, 7) is 11.4. The second-order valence-electron chi connectivity index (χ2n) is 13.4. The lowest BCUT2D eigenvalue weighted by molar-refractivity contribution is -0.160. The number of sulfonamides is 1. The highest BCUT2D eigenvalue weighted by atomic mass is 32.2. The average Bonchev–Trinajstić information content (AvgIpc) is 3.04. The second kappa shape index (κ2) is 18.5. The second-order valence-corrected chi connectivity index (χ2v) is 15.3. The van der Waals surface area contributed by atoms with Crippen LogP contribution in [0.4, 0.5) is 0 Å². The van der Waals surface area contributed by atoms with E-state index < -0.39 is 27.6 Å². The van der Waals surface area contributed by atoms with Crippen molar-refractivity contribution in [1.29, 1.82) is 0 Å². The number of hydrogen-bond acceptors (Lipinski definition) is 8. The predicted octanol–water partition coefficient (Wildman–Crippen LogP) is 6.00. The molecular formula is C38H50N2O8S. The van der Waals surface area contributed by atoms with Gasteiger partial charge in [0.15, 0.2) is 6.61 Å². The number of benzene rings is 3. The summed E-state index contributed by atoms with van der Waals surface area (Å²) in [4.78, 5) is 38.2. The van der Waals surface area contributed by atoms with Crippen molar-refractivity contribution in [2.45, 2.75) is 90.4 Å². The van der Waals surface area contributed by atoms with E-state index in [0.29, 0.717) is 25.1 Å². The first-order valence-electron chi connectivity index (χ1n) is 16.6. The molecule has 3 aromatic rings. The normalized spacial score (nSPS) is 12.4. The van der Waals surface area contributed by atoms with Crippen LogP contribution in [0.5, 0.6) is 5.75 Å². The lowest BCUT2D eigenvalue weighted by Gasteiger charge is -2.33.